The summed E-state index contributed by atoms with van der Waals surface area (Å²) in [7, 11) is 0. The van der Waals surface area contributed by atoms with Crippen LogP contribution in [0.25, 0.3) is 0 Å². The van der Waals surface area contributed by atoms with Crippen LogP contribution in [0.4, 0.5) is 0 Å². The first-order chi connectivity index (χ1) is 5.65. The van der Waals surface area contributed by atoms with Crippen LogP contribution in [-0.2, 0) is 0 Å². The van der Waals surface area contributed by atoms with Crippen molar-refractivity contribution in [3.05, 3.63) is 11.6 Å². The van der Waals surface area contributed by atoms with Gasteiger partial charge < -0.3 is 0 Å². The van der Waals surface area contributed by atoms with Gasteiger partial charge in [0.15, 0.2) is 0 Å². The molecule has 0 saturated heterocycles. The molecule has 1 heterocycles. The smallest absolute Gasteiger partial charge is 0.147 e. The highest BCUT2D eigenvalue weighted by molar-refractivity contribution is 4.89. The van der Waals surface area contributed by atoms with Crippen molar-refractivity contribution in [2.45, 2.75) is 46.6 Å². The van der Waals surface area contributed by atoms with Crippen molar-refractivity contribution >= 4 is 0 Å². The summed E-state index contributed by atoms with van der Waals surface area (Å²) in [5.74, 6) is 1.89. The number of aromatic nitrogens is 3. The van der Waals surface area contributed by atoms with Crippen molar-refractivity contribution in [2.24, 2.45) is 0 Å². The average Bonchev–Trinajstić information content (AvgIpc) is 2.30. The molecule has 0 spiro atoms. The predicted molar refractivity (Wildman–Crippen MR) is 49.1 cm³/mol. The topological polar surface area (TPSA) is 30.7 Å². The van der Waals surface area contributed by atoms with E-state index in [9.17, 15) is 0 Å². The molecule has 0 fully saturated rings. The second-order valence-corrected chi connectivity index (χ2v) is 3.29. The van der Waals surface area contributed by atoms with Crippen molar-refractivity contribution in [1.82, 2.24) is 14.8 Å². The van der Waals surface area contributed by atoms with E-state index in [1.54, 1.807) is 0 Å². The zero-order valence-corrected chi connectivity index (χ0v) is 8.33. The summed E-state index contributed by atoms with van der Waals surface area (Å²) in [6.07, 6.45) is 2.36. The third-order valence-electron chi connectivity index (χ3n) is 2.03. The number of hydrogen-bond donors (Lipinski definition) is 0. The molecule has 0 aliphatic heterocycles. The zero-order valence-electron chi connectivity index (χ0n) is 8.33. The van der Waals surface area contributed by atoms with Crippen LogP contribution in [-0.4, -0.2) is 14.8 Å². The predicted octanol–water partition coefficient (Wildman–Crippen LogP) is 2.26. The van der Waals surface area contributed by atoms with Crippen molar-refractivity contribution in [3.63, 3.8) is 0 Å². The largest absolute Gasteiger partial charge is 0.247 e. The van der Waals surface area contributed by atoms with Crippen LogP contribution < -0.4 is 0 Å². The van der Waals surface area contributed by atoms with E-state index in [0.29, 0.717) is 6.04 Å². The van der Waals surface area contributed by atoms with E-state index in [0.717, 1.165) is 11.6 Å². The van der Waals surface area contributed by atoms with Crippen molar-refractivity contribution in [2.75, 3.05) is 0 Å². The summed E-state index contributed by atoms with van der Waals surface area (Å²) in [6, 6.07) is 0.483. The Morgan fingerprint density at radius 2 is 2.08 bits per heavy atom. The van der Waals surface area contributed by atoms with Gasteiger partial charge in [-0.15, -0.1) is 0 Å². The Labute approximate surface area is 73.8 Å². The molecule has 3 heteroatoms. The van der Waals surface area contributed by atoms with E-state index >= 15 is 0 Å². The van der Waals surface area contributed by atoms with Crippen LogP contribution in [0.15, 0.2) is 0 Å². The second kappa shape index (κ2) is 3.70. The quantitative estimate of drug-likeness (QED) is 0.691. The summed E-state index contributed by atoms with van der Waals surface area (Å²) in [4.78, 5) is 4.27. The molecular formula is C9H17N3. The van der Waals surface area contributed by atoms with Gasteiger partial charge in [-0.05, 0) is 27.2 Å². The Morgan fingerprint density at radius 3 is 2.50 bits per heavy atom. The third kappa shape index (κ3) is 1.84. The van der Waals surface area contributed by atoms with Crippen LogP contribution in [0, 0.1) is 13.8 Å². The minimum atomic E-state index is 0.483. The number of hydrogen-bond acceptors (Lipinski definition) is 2. The van der Waals surface area contributed by atoms with E-state index in [4.69, 9.17) is 0 Å². The first kappa shape index (κ1) is 9.23. The van der Waals surface area contributed by atoms with E-state index in [-0.39, 0.29) is 0 Å². The lowest BCUT2D eigenvalue weighted by Gasteiger charge is -2.11. The molecular weight excluding hydrogens is 150 g/mol. The minimum absolute atomic E-state index is 0.483. The number of nitrogens with zero attached hydrogens (tertiary/aromatic N) is 3. The van der Waals surface area contributed by atoms with Gasteiger partial charge in [-0.3, -0.25) is 0 Å². The molecule has 0 aromatic carbocycles. The Hall–Kier alpha value is -0.860. The molecule has 0 aliphatic carbocycles. The average molecular weight is 167 g/mol. The lowest BCUT2D eigenvalue weighted by molar-refractivity contribution is 0.442. The Morgan fingerprint density at radius 1 is 1.42 bits per heavy atom. The molecule has 1 aromatic rings. The maximum atomic E-state index is 4.33. The Kier molecular flexibility index (Phi) is 2.84. The van der Waals surface area contributed by atoms with Crippen LogP contribution in [0.2, 0.25) is 0 Å². The lowest BCUT2D eigenvalue weighted by Crippen LogP contribution is -2.08. The third-order valence-corrected chi connectivity index (χ3v) is 2.03. The highest BCUT2D eigenvalue weighted by Gasteiger charge is 2.08. The molecule has 3 nitrogen and oxygen atoms in total. The zero-order chi connectivity index (χ0) is 9.14. The SMILES string of the molecule is CCCC(C)n1nc(C)nc1C. The van der Waals surface area contributed by atoms with Crippen molar-refractivity contribution in [3.8, 4) is 0 Å². The summed E-state index contributed by atoms with van der Waals surface area (Å²) in [5, 5.41) is 4.33. The normalized spacial score (nSPS) is 13.3. The Bertz CT molecular complexity index is 252. The maximum absolute atomic E-state index is 4.33. The van der Waals surface area contributed by atoms with E-state index < -0.39 is 0 Å². The van der Waals surface area contributed by atoms with Crippen molar-refractivity contribution < 1.29 is 0 Å². The van der Waals surface area contributed by atoms with E-state index in [1.807, 2.05) is 18.5 Å². The van der Waals surface area contributed by atoms with Gasteiger partial charge in [-0.25, -0.2) is 9.67 Å². The molecule has 1 aromatic heterocycles. The fourth-order valence-electron chi connectivity index (χ4n) is 1.49. The van der Waals surface area contributed by atoms with Gasteiger partial charge in [0.1, 0.15) is 11.6 Å². The lowest BCUT2D eigenvalue weighted by atomic mass is 10.2. The molecule has 0 aliphatic rings. The number of rotatable bonds is 3. The molecule has 0 bridgehead atoms. The van der Waals surface area contributed by atoms with Crippen LogP contribution in [0.1, 0.15) is 44.4 Å². The van der Waals surface area contributed by atoms with Gasteiger partial charge >= 0.3 is 0 Å². The summed E-state index contributed by atoms with van der Waals surface area (Å²) in [5.41, 5.74) is 0. The summed E-state index contributed by atoms with van der Waals surface area (Å²) >= 11 is 0. The van der Waals surface area contributed by atoms with Crippen LogP contribution in [0.3, 0.4) is 0 Å². The fourth-order valence-corrected chi connectivity index (χ4v) is 1.49. The summed E-state index contributed by atoms with van der Waals surface area (Å²) in [6.45, 7) is 8.31. The molecule has 1 unspecified atom stereocenters. The molecule has 0 saturated carbocycles. The molecule has 12 heavy (non-hydrogen) atoms. The first-order valence-electron chi connectivity index (χ1n) is 4.55. The highest BCUT2D eigenvalue weighted by Crippen LogP contribution is 2.13. The molecule has 1 atom stereocenters. The van der Waals surface area contributed by atoms with Crippen LogP contribution >= 0.6 is 0 Å². The van der Waals surface area contributed by atoms with Gasteiger partial charge in [-0.1, -0.05) is 13.3 Å². The summed E-state index contributed by atoms with van der Waals surface area (Å²) < 4.78 is 2.01. The van der Waals surface area contributed by atoms with Gasteiger partial charge in [0.2, 0.25) is 0 Å². The van der Waals surface area contributed by atoms with E-state index in [1.165, 1.54) is 12.8 Å². The monoisotopic (exact) mass is 167 g/mol. The second-order valence-electron chi connectivity index (χ2n) is 3.29. The van der Waals surface area contributed by atoms with Gasteiger partial charge in [0.25, 0.3) is 0 Å². The standard InChI is InChI=1S/C9H17N3/c1-5-6-7(2)12-9(4)10-8(3)11-12/h7H,5-6H2,1-4H3. The molecule has 0 radical (unpaired) electrons. The van der Waals surface area contributed by atoms with Gasteiger partial charge in [0.05, 0.1) is 6.04 Å². The highest BCUT2D eigenvalue weighted by atomic mass is 15.4. The molecule has 0 N–H and O–H groups in total. The van der Waals surface area contributed by atoms with Crippen molar-refractivity contribution in [1.29, 1.82) is 0 Å². The van der Waals surface area contributed by atoms with Gasteiger partial charge in [0, 0.05) is 0 Å². The van der Waals surface area contributed by atoms with E-state index in [2.05, 4.69) is 23.9 Å². The minimum Gasteiger partial charge on any atom is -0.247 e. The Balaban J connectivity index is 2.79. The van der Waals surface area contributed by atoms with Gasteiger partial charge in [-0.2, -0.15) is 5.10 Å². The first-order valence-corrected chi connectivity index (χ1v) is 4.55. The maximum Gasteiger partial charge on any atom is 0.147 e. The molecule has 0 amide bonds. The molecule has 68 valence electrons. The number of aryl methyl sites for hydroxylation is 2. The molecule has 1 rings (SSSR count). The fraction of sp³-hybridized carbons (Fsp3) is 0.778. The van der Waals surface area contributed by atoms with Crippen LogP contribution in [0.5, 0.6) is 0 Å².